The molecule has 1 aliphatic rings. The molecule has 0 aliphatic carbocycles. The van der Waals surface area contributed by atoms with Gasteiger partial charge in [-0.1, -0.05) is 42.2 Å². The summed E-state index contributed by atoms with van der Waals surface area (Å²) in [6.07, 6.45) is 0.797. The van der Waals surface area contributed by atoms with Gasteiger partial charge >= 0.3 is 0 Å². The molecule has 1 aliphatic heterocycles. The summed E-state index contributed by atoms with van der Waals surface area (Å²) >= 11 is 4.34. The molecule has 140 valence electrons. The molecular formula is C18H18N4O2S3. The molecular weight excluding hydrogens is 400 g/mol. The van der Waals surface area contributed by atoms with Gasteiger partial charge in [0.2, 0.25) is 5.91 Å². The van der Waals surface area contributed by atoms with E-state index in [1.165, 1.54) is 23.1 Å². The van der Waals surface area contributed by atoms with Crippen LogP contribution in [0, 0.1) is 0 Å². The first-order chi connectivity index (χ1) is 13.0. The van der Waals surface area contributed by atoms with Crippen molar-refractivity contribution < 1.29 is 4.79 Å². The van der Waals surface area contributed by atoms with Gasteiger partial charge in [0.05, 0.1) is 26.6 Å². The van der Waals surface area contributed by atoms with Gasteiger partial charge in [0, 0.05) is 18.2 Å². The van der Waals surface area contributed by atoms with Crippen molar-refractivity contribution >= 4 is 56.1 Å². The lowest BCUT2D eigenvalue weighted by Crippen LogP contribution is -2.25. The highest BCUT2D eigenvalue weighted by Gasteiger charge is 2.26. The standard InChI is InChI=1S/C18H18N4O2S3/c1-3-22-16(24)15-12(8-10(2)26-15)20-18(22)25-9-14(23)21-17-19-11-6-4-5-7-13(11)27-17/h4-7,10H,3,8-9H2,1-2H3,(H,19,21,23)/t10-/m0/s1. The second kappa shape index (κ2) is 7.65. The molecule has 1 amide bonds. The molecule has 3 heterocycles. The molecule has 27 heavy (non-hydrogen) atoms. The van der Waals surface area contributed by atoms with E-state index in [1.807, 2.05) is 31.2 Å². The molecule has 1 aromatic carbocycles. The minimum absolute atomic E-state index is 0.00549. The van der Waals surface area contributed by atoms with Crippen LogP contribution in [0.5, 0.6) is 0 Å². The van der Waals surface area contributed by atoms with Crippen LogP contribution in [0.3, 0.4) is 0 Å². The molecule has 0 spiro atoms. The van der Waals surface area contributed by atoms with Gasteiger partial charge in [0.1, 0.15) is 0 Å². The summed E-state index contributed by atoms with van der Waals surface area (Å²) in [5, 5.41) is 4.40. The molecule has 1 atom stereocenters. The molecule has 6 nitrogen and oxygen atoms in total. The van der Waals surface area contributed by atoms with Gasteiger partial charge in [-0.25, -0.2) is 9.97 Å². The predicted molar refractivity (Wildman–Crippen MR) is 112 cm³/mol. The molecule has 0 bridgehead atoms. The van der Waals surface area contributed by atoms with Crippen molar-refractivity contribution in [1.82, 2.24) is 14.5 Å². The number of rotatable bonds is 5. The van der Waals surface area contributed by atoms with E-state index in [9.17, 15) is 9.59 Å². The number of hydrogen-bond acceptors (Lipinski definition) is 7. The maximum atomic E-state index is 12.7. The molecule has 2 aromatic heterocycles. The van der Waals surface area contributed by atoms with Crippen molar-refractivity contribution in [2.75, 3.05) is 11.1 Å². The predicted octanol–water partition coefficient (Wildman–Crippen LogP) is 3.64. The number of para-hydroxylation sites is 1. The molecule has 0 unspecified atom stereocenters. The number of nitrogens with one attached hydrogen (secondary N) is 1. The fourth-order valence-electron chi connectivity index (χ4n) is 2.93. The average molecular weight is 419 g/mol. The number of fused-ring (bicyclic) bond motifs is 2. The van der Waals surface area contributed by atoms with Crippen LogP contribution in [0.4, 0.5) is 5.13 Å². The maximum absolute atomic E-state index is 12.7. The highest BCUT2D eigenvalue weighted by Crippen LogP contribution is 2.34. The summed E-state index contributed by atoms with van der Waals surface area (Å²) in [5.41, 5.74) is 1.74. The number of nitrogens with zero attached hydrogens (tertiary/aromatic N) is 3. The Labute approximate surface area is 168 Å². The molecule has 0 radical (unpaired) electrons. The summed E-state index contributed by atoms with van der Waals surface area (Å²) in [4.78, 5) is 34.9. The minimum atomic E-state index is -0.154. The Morgan fingerprint density at radius 3 is 2.96 bits per heavy atom. The quantitative estimate of drug-likeness (QED) is 0.504. The monoisotopic (exact) mass is 418 g/mol. The van der Waals surface area contributed by atoms with Crippen LogP contribution in [0.25, 0.3) is 10.2 Å². The number of aromatic nitrogens is 3. The third-order valence-electron chi connectivity index (χ3n) is 4.15. The number of anilines is 1. The van der Waals surface area contributed by atoms with E-state index >= 15 is 0 Å². The molecule has 1 N–H and O–H groups in total. The van der Waals surface area contributed by atoms with Crippen LogP contribution in [0.2, 0.25) is 0 Å². The first-order valence-corrected chi connectivity index (χ1v) is 11.3. The van der Waals surface area contributed by atoms with Gasteiger partial charge in [-0.3, -0.25) is 14.2 Å². The Morgan fingerprint density at radius 1 is 1.37 bits per heavy atom. The zero-order chi connectivity index (χ0) is 19.0. The Balaban J connectivity index is 1.48. The minimum Gasteiger partial charge on any atom is -0.301 e. The Hall–Kier alpha value is -1.84. The topological polar surface area (TPSA) is 76.9 Å². The lowest BCUT2D eigenvalue weighted by molar-refractivity contribution is -0.113. The van der Waals surface area contributed by atoms with Gasteiger partial charge in [-0.15, -0.1) is 11.8 Å². The van der Waals surface area contributed by atoms with E-state index in [4.69, 9.17) is 0 Å². The summed E-state index contributed by atoms with van der Waals surface area (Å²) in [6, 6.07) is 7.77. The summed E-state index contributed by atoms with van der Waals surface area (Å²) in [6.45, 7) is 4.56. The van der Waals surface area contributed by atoms with Gasteiger partial charge in [0.25, 0.3) is 5.56 Å². The summed E-state index contributed by atoms with van der Waals surface area (Å²) in [5.74, 6) is 0.0309. The Morgan fingerprint density at radius 2 is 2.19 bits per heavy atom. The fourth-order valence-corrected chi connectivity index (χ4v) is 5.81. The van der Waals surface area contributed by atoms with Crippen LogP contribution in [0.1, 0.15) is 19.5 Å². The van der Waals surface area contributed by atoms with Gasteiger partial charge in [-0.2, -0.15) is 0 Å². The van der Waals surface area contributed by atoms with Crippen molar-refractivity contribution in [2.45, 2.75) is 42.1 Å². The lowest BCUT2D eigenvalue weighted by Gasteiger charge is -2.11. The number of carbonyl (C=O) groups excluding carboxylic acids is 1. The SMILES string of the molecule is CCn1c(SCC(=O)Nc2nc3ccccc3s2)nc2c(c1=O)S[C@@H](C)C2. The van der Waals surface area contributed by atoms with Gasteiger partial charge in [-0.05, 0) is 19.1 Å². The number of carbonyl (C=O) groups is 1. The number of benzene rings is 1. The average Bonchev–Trinajstić information content (AvgIpc) is 3.22. The molecule has 0 saturated heterocycles. The fraction of sp³-hybridized carbons (Fsp3) is 0.333. The summed E-state index contributed by atoms with van der Waals surface area (Å²) in [7, 11) is 0. The number of hydrogen-bond donors (Lipinski definition) is 1. The van der Waals surface area contributed by atoms with Crippen LogP contribution in [-0.2, 0) is 17.8 Å². The highest BCUT2D eigenvalue weighted by molar-refractivity contribution is 8.00. The zero-order valence-electron chi connectivity index (χ0n) is 14.9. The molecule has 0 saturated carbocycles. The third-order valence-corrected chi connectivity index (χ3v) is 7.29. The van der Waals surface area contributed by atoms with Crippen molar-refractivity contribution in [2.24, 2.45) is 0 Å². The van der Waals surface area contributed by atoms with Crippen molar-refractivity contribution in [3.63, 3.8) is 0 Å². The van der Waals surface area contributed by atoms with Crippen molar-refractivity contribution in [3.05, 3.63) is 40.3 Å². The number of thiazole rings is 1. The van der Waals surface area contributed by atoms with Crippen LogP contribution in [-0.4, -0.2) is 31.4 Å². The first-order valence-electron chi connectivity index (χ1n) is 8.63. The third kappa shape index (κ3) is 3.76. The molecule has 0 fully saturated rings. The van der Waals surface area contributed by atoms with E-state index in [1.54, 1.807) is 16.3 Å². The van der Waals surface area contributed by atoms with Gasteiger partial charge < -0.3 is 5.32 Å². The van der Waals surface area contributed by atoms with E-state index in [0.29, 0.717) is 22.1 Å². The number of thioether (sulfide) groups is 2. The van der Waals surface area contributed by atoms with Crippen LogP contribution < -0.4 is 10.9 Å². The Bertz CT molecular complexity index is 1040. The first kappa shape index (κ1) is 18.5. The highest BCUT2D eigenvalue weighted by atomic mass is 32.2. The van der Waals surface area contributed by atoms with E-state index in [-0.39, 0.29) is 17.2 Å². The van der Waals surface area contributed by atoms with Crippen LogP contribution >= 0.6 is 34.9 Å². The normalized spacial score (nSPS) is 15.9. The Kier molecular flexibility index (Phi) is 5.25. The molecule has 3 aromatic rings. The summed E-state index contributed by atoms with van der Waals surface area (Å²) < 4.78 is 2.69. The molecule has 9 heteroatoms. The second-order valence-electron chi connectivity index (χ2n) is 6.18. The second-order valence-corrected chi connectivity index (χ2v) is 9.60. The molecule has 4 rings (SSSR count). The van der Waals surface area contributed by atoms with E-state index in [0.717, 1.165) is 27.2 Å². The largest absolute Gasteiger partial charge is 0.301 e. The van der Waals surface area contributed by atoms with Crippen molar-refractivity contribution in [1.29, 1.82) is 0 Å². The van der Waals surface area contributed by atoms with E-state index < -0.39 is 0 Å². The van der Waals surface area contributed by atoms with Crippen molar-refractivity contribution in [3.8, 4) is 0 Å². The zero-order valence-corrected chi connectivity index (χ0v) is 17.3. The lowest BCUT2D eigenvalue weighted by atomic mass is 10.2. The van der Waals surface area contributed by atoms with E-state index in [2.05, 4.69) is 22.2 Å². The maximum Gasteiger partial charge on any atom is 0.268 e. The van der Waals surface area contributed by atoms with Crippen LogP contribution in [0.15, 0.2) is 39.1 Å². The smallest absolute Gasteiger partial charge is 0.268 e. The van der Waals surface area contributed by atoms with Gasteiger partial charge in [0.15, 0.2) is 10.3 Å². The number of amides is 1.